The molecule has 0 heterocycles. The molecular formula is C71H138O17P2. The molecule has 0 saturated carbocycles. The predicted molar refractivity (Wildman–Crippen MR) is 363 cm³/mol. The largest absolute Gasteiger partial charge is 0.472 e. The maximum atomic E-state index is 13.0. The molecule has 2 unspecified atom stereocenters. The van der Waals surface area contributed by atoms with E-state index in [-0.39, 0.29) is 25.7 Å². The van der Waals surface area contributed by atoms with E-state index in [0.717, 1.165) is 108 Å². The van der Waals surface area contributed by atoms with Gasteiger partial charge < -0.3 is 33.8 Å². The van der Waals surface area contributed by atoms with Crippen LogP contribution in [0.4, 0.5) is 0 Å². The van der Waals surface area contributed by atoms with E-state index in [2.05, 4.69) is 48.5 Å². The van der Waals surface area contributed by atoms with Crippen molar-refractivity contribution in [3.05, 3.63) is 0 Å². The van der Waals surface area contributed by atoms with Gasteiger partial charge in [-0.15, -0.1) is 0 Å². The molecule has 0 radical (unpaired) electrons. The molecule has 0 aromatic carbocycles. The lowest BCUT2D eigenvalue weighted by Gasteiger charge is -2.21. The number of aliphatic hydroxyl groups is 1. The highest BCUT2D eigenvalue weighted by atomic mass is 31.2. The predicted octanol–water partition coefficient (Wildman–Crippen LogP) is 20.2. The minimum atomic E-state index is -4.95. The molecule has 534 valence electrons. The summed E-state index contributed by atoms with van der Waals surface area (Å²) in [6.07, 6.45) is 46.1. The van der Waals surface area contributed by atoms with E-state index in [1.165, 1.54) is 161 Å². The second-order valence-corrected chi connectivity index (χ2v) is 30.0. The van der Waals surface area contributed by atoms with Gasteiger partial charge in [-0.1, -0.05) is 305 Å². The molecule has 0 bridgehead atoms. The van der Waals surface area contributed by atoms with Crippen LogP contribution in [0.2, 0.25) is 0 Å². The van der Waals surface area contributed by atoms with Gasteiger partial charge in [0.1, 0.15) is 19.3 Å². The zero-order valence-corrected chi connectivity index (χ0v) is 60.4. The topological polar surface area (TPSA) is 237 Å². The number of hydrogen-bond donors (Lipinski definition) is 3. The maximum absolute atomic E-state index is 13.0. The molecule has 0 aliphatic rings. The number of esters is 4. The van der Waals surface area contributed by atoms with Crippen LogP contribution in [-0.2, 0) is 65.4 Å². The van der Waals surface area contributed by atoms with E-state index < -0.39 is 97.5 Å². The first-order valence-electron chi connectivity index (χ1n) is 36.8. The van der Waals surface area contributed by atoms with Gasteiger partial charge in [0.25, 0.3) is 0 Å². The quantitative estimate of drug-likeness (QED) is 0.0222. The van der Waals surface area contributed by atoms with Crippen LogP contribution in [0, 0.1) is 17.8 Å². The van der Waals surface area contributed by atoms with E-state index in [0.29, 0.717) is 31.6 Å². The number of carbonyl (C=O) groups excluding carboxylic acids is 4. The Labute approximate surface area is 549 Å². The smallest absolute Gasteiger partial charge is 0.462 e. The van der Waals surface area contributed by atoms with E-state index in [9.17, 15) is 43.2 Å². The fourth-order valence-corrected chi connectivity index (χ4v) is 12.3. The molecule has 3 N–H and O–H groups in total. The summed E-state index contributed by atoms with van der Waals surface area (Å²) in [5.41, 5.74) is 0. The van der Waals surface area contributed by atoms with Crippen molar-refractivity contribution in [2.24, 2.45) is 17.8 Å². The van der Waals surface area contributed by atoms with Gasteiger partial charge in [0.15, 0.2) is 12.2 Å². The lowest BCUT2D eigenvalue weighted by Crippen LogP contribution is -2.30. The molecule has 0 rings (SSSR count). The summed E-state index contributed by atoms with van der Waals surface area (Å²) in [6.45, 7) is 11.8. The van der Waals surface area contributed by atoms with E-state index in [1.807, 2.05) is 0 Å². The Balaban J connectivity index is 5.20. The summed E-state index contributed by atoms with van der Waals surface area (Å²) in [7, 11) is -9.90. The molecule has 0 aromatic rings. The van der Waals surface area contributed by atoms with Crippen LogP contribution in [0.3, 0.4) is 0 Å². The van der Waals surface area contributed by atoms with Crippen LogP contribution in [-0.4, -0.2) is 96.7 Å². The third kappa shape index (κ3) is 64.8. The normalized spacial score (nSPS) is 14.2. The molecule has 19 heteroatoms. The van der Waals surface area contributed by atoms with E-state index >= 15 is 0 Å². The molecule has 17 nitrogen and oxygen atoms in total. The van der Waals surface area contributed by atoms with Crippen molar-refractivity contribution in [3.8, 4) is 0 Å². The van der Waals surface area contributed by atoms with Crippen LogP contribution >= 0.6 is 15.6 Å². The molecular weight excluding hydrogens is 1190 g/mol. The van der Waals surface area contributed by atoms with Crippen molar-refractivity contribution in [1.29, 1.82) is 0 Å². The average molecular weight is 1330 g/mol. The zero-order chi connectivity index (χ0) is 66.6. The molecule has 0 aromatic heterocycles. The Morgan fingerprint density at radius 1 is 0.300 bits per heavy atom. The van der Waals surface area contributed by atoms with Crippen molar-refractivity contribution >= 4 is 39.5 Å². The second kappa shape index (κ2) is 61.9. The summed E-state index contributed by atoms with van der Waals surface area (Å²) in [6, 6.07) is 0. The number of phosphoric ester groups is 2. The highest BCUT2D eigenvalue weighted by Gasteiger charge is 2.30. The van der Waals surface area contributed by atoms with Crippen LogP contribution in [0.5, 0.6) is 0 Å². The molecule has 0 aliphatic carbocycles. The Kier molecular flexibility index (Phi) is 60.6. The third-order valence-electron chi connectivity index (χ3n) is 16.4. The number of unbranched alkanes of at least 4 members (excludes halogenated alkanes) is 37. The Hall–Kier alpha value is -1.94. The standard InChI is InChI=1S/C71H138O17P2/c1-8-9-10-11-12-30-38-45-52-68(73)81-59-67(88-71(76)55-48-41-34-33-37-44-51-64(6)7)61-86-90(79,80)84-57-65(72)56-83-89(77,78)85-60-66(58-82-69(74)53-46-39-31-26-22-19-18-21-25-29-36-43-50-63(4)5)87-70(75)54-47-40-32-27-23-17-15-13-14-16-20-24-28-35-42-49-62(2)3/h62-67,72H,8-61H2,1-7H3,(H,77,78)(H,79,80)/t65-,66-,67-/m1/s1. The summed E-state index contributed by atoms with van der Waals surface area (Å²) in [4.78, 5) is 72.4. The van der Waals surface area contributed by atoms with Crippen molar-refractivity contribution in [2.45, 2.75) is 375 Å². The van der Waals surface area contributed by atoms with Crippen LogP contribution in [0.1, 0.15) is 357 Å². The molecule has 0 aliphatic heterocycles. The van der Waals surface area contributed by atoms with Gasteiger partial charge in [-0.25, -0.2) is 9.13 Å². The summed E-state index contributed by atoms with van der Waals surface area (Å²) >= 11 is 0. The number of aliphatic hydroxyl groups excluding tert-OH is 1. The van der Waals surface area contributed by atoms with Crippen molar-refractivity contribution in [2.75, 3.05) is 39.6 Å². The maximum Gasteiger partial charge on any atom is 0.472 e. The van der Waals surface area contributed by atoms with Gasteiger partial charge in [-0.05, 0) is 43.4 Å². The third-order valence-corrected chi connectivity index (χ3v) is 18.3. The Morgan fingerprint density at radius 2 is 0.511 bits per heavy atom. The zero-order valence-electron chi connectivity index (χ0n) is 58.6. The van der Waals surface area contributed by atoms with Crippen LogP contribution < -0.4 is 0 Å². The molecule has 0 saturated heterocycles. The fraction of sp³-hybridized carbons (Fsp3) is 0.944. The molecule has 5 atom stereocenters. The van der Waals surface area contributed by atoms with Gasteiger partial charge in [-0.3, -0.25) is 37.3 Å². The summed E-state index contributed by atoms with van der Waals surface area (Å²) in [5.74, 6) is 0.123. The number of ether oxygens (including phenoxy) is 4. The number of rotatable bonds is 69. The Bertz CT molecular complexity index is 1770. The van der Waals surface area contributed by atoms with Crippen molar-refractivity contribution < 1.29 is 80.2 Å². The first-order valence-corrected chi connectivity index (χ1v) is 39.8. The highest BCUT2D eigenvalue weighted by Crippen LogP contribution is 2.45. The minimum Gasteiger partial charge on any atom is -0.462 e. The lowest BCUT2D eigenvalue weighted by molar-refractivity contribution is -0.161. The first kappa shape index (κ1) is 88.1. The SMILES string of the molecule is CCCCCCCCCCC(=O)OC[C@H](COP(=O)(O)OC[C@H](O)COP(=O)(O)OC[C@@H](COC(=O)CCCCCCCCCCCCCCC(C)C)OC(=O)CCCCCCCCCCCCCCCCCC(C)C)OC(=O)CCCCCCCCC(C)C. The van der Waals surface area contributed by atoms with Crippen molar-refractivity contribution in [3.63, 3.8) is 0 Å². The van der Waals surface area contributed by atoms with Gasteiger partial charge >= 0.3 is 39.5 Å². The number of hydrogen-bond acceptors (Lipinski definition) is 15. The number of phosphoric acid groups is 2. The second-order valence-electron chi connectivity index (χ2n) is 27.1. The van der Waals surface area contributed by atoms with Crippen LogP contribution in [0.25, 0.3) is 0 Å². The van der Waals surface area contributed by atoms with Gasteiger partial charge in [0, 0.05) is 25.7 Å². The monoisotopic (exact) mass is 1320 g/mol. The molecule has 90 heavy (non-hydrogen) atoms. The molecule has 0 amide bonds. The van der Waals surface area contributed by atoms with Gasteiger partial charge in [0.2, 0.25) is 0 Å². The van der Waals surface area contributed by atoms with Crippen molar-refractivity contribution in [1.82, 2.24) is 0 Å². The van der Waals surface area contributed by atoms with Crippen LogP contribution in [0.15, 0.2) is 0 Å². The van der Waals surface area contributed by atoms with Gasteiger partial charge in [-0.2, -0.15) is 0 Å². The lowest BCUT2D eigenvalue weighted by atomic mass is 10.0. The highest BCUT2D eigenvalue weighted by molar-refractivity contribution is 7.47. The van der Waals surface area contributed by atoms with E-state index in [1.54, 1.807) is 0 Å². The summed E-state index contributed by atoms with van der Waals surface area (Å²) < 4.78 is 68.2. The fourth-order valence-electron chi connectivity index (χ4n) is 10.7. The molecule has 0 spiro atoms. The van der Waals surface area contributed by atoms with E-state index in [4.69, 9.17) is 37.0 Å². The number of carbonyl (C=O) groups is 4. The molecule has 0 fully saturated rings. The first-order chi connectivity index (χ1) is 43.2. The van der Waals surface area contributed by atoms with Gasteiger partial charge in [0.05, 0.1) is 26.4 Å². The minimum absolute atomic E-state index is 0.102. The average Bonchev–Trinajstić information content (AvgIpc) is 3.62. The summed E-state index contributed by atoms with van der Waals surface area (Å²) in [5, 5.41) is 10.6. The Morgan fingerprint density at radius 3 is 0.756 bits per heavy atom.